The van der Waals surface area contributed by atoms with Crippen LogP contribution in [0, 0.1) is 5.92 Å². The van der Waals surface area contributed by atoms with E-state index in [2.05, 4.69) is 0 Å². The molecular weight excluding hydrogens is 440 g/mol. The number of fused-ring (bicyclic) bond motifs is 5. The quantitative estimate of drug-likeness (QED) is 0.578. The number of amides is 2. The number of piperazine rings is 1. The smallest absolute Gasteiger partial charge is 0.249 e. The van der Waals surface area contributed by atoms with E-state index < -0.39 is 5.54 Å². The summed E-state index contributed by atoms with van der Waals surface area (Å²) in [6.45, 7) is 2.60. The number of carbonyl (C=O) groups excluding carboxylic acids is 2. The third-order valence-electron chi connectivity index (χ3n) is 7.34. The molecule has 0 radical (unpaired) electrons. The number of furan rings is 1. The molecule has 2 saturated heterocycles. The zero-order valence-electron chi connectivity index (χ0n) is 18.1. The third kappa shape index (κ3) is 2.93. The summed E-state index contributed by atoms with van der Waals surface area (Å²) in [5.74, 6) is 0.900. The fourth-order valence-corrected chi connectivity index (χ4v) is 6.27. The molecule has 3 aliphatic heterocycles. The van der Waals surface area contributed by atoms with Gasteiger partial charge in [-0.2, -0.15) is 0 Å². The average molecular weight is 463 g/mol. The first-order chi connectivity index (χ1) is 16.0. The van der Waals surface area contributed by atoms with E-state index in [1.807, 2.05) is 60.4 Å². The number of hydrogen-bond acceptors (Lipinski definition) is 4. The number of nitrogens with zero attached hydrogens (tertiary/aromatic N) is 2. The van der Waals surface area contributed by atoms with E-state index in [1.165, 1.54) is 0 Å². The second kappa shape index (κ2) is 7.39. The van der Waals surface area contributed by atoms with Crippen LogP contribution in [0.5, 0.6) is 5.75 Å². The zero-order chi connectivity index (χ0) is 22.7. The predicted molar refractivity (Wildman–Crippen MR) is 122 cm³/mol. The van der Waals surface area contributed by atoms with Crippen molar-refractivity contribution in [2.75, 3.05) is 13.2 Å². The maximum absolute atomic E-state index is 14.1. The number of halogens is 1. The Morgan fingerprint density at radius 2 is 1.91 bits per heavy atom. The molecule has 2 aromatic carbocycles. The van der Waals surface area contributed by atoms with Crippen molar-refractivity contribution in [3.63, 3.8) is 0 Å². The maximum atomic E-state index is 14.1. The van der Waals surface area contributed by atoms with Gasteiger partial charge >= 0.3 is 0 Å². The van der Waals surface area contributed by atoms with E-state index in [-0.39, 0.29) is 42.8 Å². The highest BCUT2D eigenvalue weighted by Crippen LogP contribution is 2.60. The standard InChI is InChI=1S/C26H23ClN2O4/c1-26-23(16-6-3-2-4-7-16)20-15-33-21-10-9-17(27)12-19(21)24(20)29(26)22(30)14-28(25(26)31)13-18-8-5-11-32-18/h2-12,20,23-24H,13-15H2,1H3/t20-,23+,24+,26-/m1/s1. The Balaban J connectivity index is 1.51. The highest BCUT2D eigenvalue weighted by atomic mass is 35.5. The van der Waals surface area contributed by atoms with Crippen molar-refractivity contribution in [2.24, 2.45) is 5.92 Å². The number of rotatable bonds is 3. The van der Waals surface area contributed by atoms with E-state index in [9.17, 15) is 9.59 Å². The van der Waals surface area contributed by atoms with E-state index >= 15 is 0 Å². The normalized spacial score (nSPS) is 28.2. The van der Waals surface area contributed by atoms with Crippen LogP contribution in [0.4, 0.5) is 0 Å². The molecule has 7 heteroatoms. The van der Waals surface area contributed by atoms with Crippen molar-refractivity contribution < 1.29 is 18.7 Å². The summed E-state index contributed by atoms with van der Waals surface area (Å²) in [4.78, 5) is 31.3. The number of carbonyl (C=O) groups is 2. The Labute approximate surface area is 196 Å². The van der Waals surface area contributed by atoms with Crippen LogP contribution < -0.4 is 4.74 Å². The Bertz CT molecular complexity index is 1230. The summed E-state index contributed by atoms with van der Waals surface area (Å²) in [5, 5.41) is 0.582. The molecule has 2 fully saturated rings. The second-order valence-corrected chi connectivity index (χ2v) is 9.58. The lowest BCUT2D eigenvalue weighted by Crippen LogP contribution is -2.65. The Kier molecular flexibility index (Phi) is 4.56. The second-order valence-electron chi connectivity index (χ2n) is 9.14. The van der Waals surface area contributed by atoms with Crippen molar-refractivity contribution in [1.82, 2.24) is 9.80 Å². The fraction of sp³-hybridized carbons (Fsp3) is 0.308. The van der Waals surface area contributed by atoms with Crippen LogP contribution in [-0.2, 0) is 16.1 Å². The van der Waals surface area contributed by atoms with Crippen LogP contribution in [0.2, 0.25) is 5.02 Å². The summed E-state index contributed by atoms with van der Waals surface area (Å²) < 4.78 is 11.6. The Morgan fingerprint density at radius 1 is 1.09 bits per heavy atom. The van der Waals surface area contributed by atoms with Crippen molar-refractivity contribution >= 4 is 23.4 Å². The lowest BCUT2D eigenvalue weighted by atomic mass is 9.73. The first-order valence-corrected chi connectivity index (χ1v) is 11.5. The molecule has 0 N–H and O–H groups in total. The van der Waals surface area contributed by atoms with Gasteiger partial charge in [-0.3, -0.25) is 9.59 Å². The molecule has 168 valence electrons. The molecule has 6 nitrogen and oxygen atoms in total. The van der Waals surface area contributed by atoms with E-state index in [4.69, 9.17) is 20.8 Å². The van der Waals surface area contributed by atoms with Gasteiger partial charge in [0.25, 0.3) is 0 Å². The molecule has 6 rings (SSSR count). The lowest BCUT2D eigenvalue weighted by molar-refractivity contribution is -0.164. The third-order valence-corrected chi connectivity index (χ3v) is 7.58. The lowest BCUT2D eigenvalue weighted by Gasteiger charge is -2.47. The topological polar surface area (TPSA) is 63.0 Å². The first-order valence-electron chi connectivity index (χ1n) is 11.1. The van der Waals surface area contributed by atoms with Gasteiger partial charge in [-0.05, 0) is 42.8 Å². The molecule has 4 atom stereocenters. The van der Waals surface area contributed by atoms with Gasteiger partial charge in [0.2, 0.25) is 11.8 Å². The summed E-state index contributed by atoms with van der Waals surface area (Å²) in [7, 11) is 0. The molecule has 4 heterocycles. The molecule has 0 spiro atoms. The van der Waals surface area contributed by atoms with Crippen molar-refractivity contribution in [3.05, 3.63) is 88.8 Å². The van der Waals surface area contributed by atoms with Crippen LogP contribution in [0.1, 0.15) is 35.8 Å². The van der Waals surface area contributed by atoms with Gasteiger partial charge in [0.15, 0.2) is 0 Å². The van der Waals surface area contributed by atoms with Gasteiger partial charge in [-0.25, -0.2) is 0 Å². The molecule has 0 unspecified atom stereocenters. The molecule has 33 heavy (non-hydrogen) atoms. The molecule has 3 aliphatic rings. The van der Waals surface area contributed by atoms with Crippen molar-refractivity contribution in [3.8, 4) is 5.75 Å². The fourth-order valence-electron chi connectivity index (χ4n) is 6.09. The van der Waals surface area contributed by atoms with Crippen LogP contribution in [0.25, 0.3) is 0 Å². The maximum Gasteiger partial charge on any atom is 0.249 e. The molecule has 0 saturated carbocycles. The SMILES string of the molecule is C[C@@]12C(=O)N(Cc3ccco3)CC(=O)N1[C@H]1c3cc(Cl)ccc3OC[C@@H]1[C@@H]2c1ccccc1. The summed E-state index contributed by atoms with van der Waals surface area (Å²) >= 11 is 6.35. The van der Waals surface area contributed by atoms with Crippen LogP contribution in [0.3, 0.4) is 0 Å². The van der Waals surface area contributed by atoms with Gasteiger partial charge < -0.3 is 19.0 Å². The molecule has 0 aliphatic carbocycles. The van der Waals surface area contributed by atoms with Gasteiger partial charge in [-0.15, -0.1) is 0 Å². The predicted octanol–water partition coefficient (Wildman–Crippen LogP) is 4.41. The summed E-state index contributed by atoms with van der Waals surface area (Å²) in [6, 6.07) is 18.8. The van der Waals surface area contributed by atoms with Crippen LogP contribution in [0.15, 0.2) is 71.3 Å². The highest BCUT2D eigenvalue weighted by Gasteiger charge is 2.66. The first kappa shape index (κ1) is 20.4. The number of hydrogen-bond donors (Lipinski definition) is 0. The minimum absolute atomic E-state index is 0.0105. The monoisotopic (exact) mass is 462 g/mol. The van der Waals surface area contributed by atoms with Gasteiger partial charge in [0, 0.05) is 22.4 Å². The minimum Gasteiger partial charge on any atom is -0.493 e. The number of benzene rings is 2. The highest BCUT2D eigenvalue weighted by molar-refractivity contribution is 6.30. The molecule has 0 bridgehead atoms. The van der Waals surface area contributed by atoms with Crippen LogP contribution in [-0.4, -0.2) is 40.3 Å². The van der Waals surface area contributed by atoms with Crippen LogP contribution >= 0.6 is 11.6 Å². The minimum atomic E-state index is -1.06. The van der Waals surface area contributed by atoms with Gasteiger partial charge in [0.1, 0.15) is 23.6 Å². The largest absolute Gasteiger partial charge is 0.493 e. The van der Waals surface area contributed by atoms with Crippen molar-refractivity contribution in [1.29, 1.82) is 0 Å². The summed E-state index contributed by atoms with van der Waals surface area (Å²) in [6.07, 6.45) is 1.58. The Hall–Kier alpha value is -3.25. The molecule has 2 amide bonds. The zero-order valence-corrected chi connectivity index (χ0v) is 18.9. The molecule has 1 aromatic heterocycles. The Morgan fingerprint density at radius 3 is 2.67 bits per heavy atom. The average Bonchev–Trinajstić information content (AvgIpc) is 3.42. The number of ether oxygens (including phenoxy) is 1. The van der Waals surface area contributed by atoms with Gasteiger partial charge in [-0.1, -0.05) is 41.9 Å². The summed E-state index contributed by atoms with van der Waals surface area (Å²) in [5.41, 5.74) is 0.822. The molecule has 3 aromatic rings. The van der Waals surface area contributed by atoms with E-state index in [0.29, 0.717) is 17.4 Å². The van der Waals surface area contributed by atoms with Crippen molar-refractivity contribution in [2.45, 2.75) is 31.0 Å². The van der Waals surface area contributed by atoms with E-state index in [1.54, 1.807) is 23.3 Å². The molecular formula is C26H23ClN2O4. The van der Waals surface area contributed by atoms with Gasteiger partial charge in [0.05, 0.1) is 25.5 Å². The van der Waals surface area contributed by atoms with E-state index in [0.717, 1.165) is 16.9 Å².